The van der Waals surface area contributed by atoms with Crippen molar-refractivity contribution >= 4 is 11.6 Å². The van der Waals surface area contributed by atoms with Crippen molar-refractivity contribution in [2.45, 2.75) is 26.2 Å². The summed E-state index contributed by atoms with van der Waals surface area (Å²) in [5.41, 5.74) is 1.53. The minimum absolute atomic E-state index is 0.00433. The number of hydrogen-bond donors (Lipinski definition) is 0. The van der Waals surface area contributed by atoms with Crippen LogP contribution >= 0.6 is 0 Å². The van der Waals surface area contributed by atoms with Gasteiger partial charge in [-0.25, -0.2) is 0 Å². The first-order valence-electron chi connectivity index (χ1n) is 5.97. The molecule has 1 fully saturated rings. The second kappa shape index (κ2) is 5.09. The largest absolute Gasteiger partial charge is 0.294 e. The minimum Gasteiger partial charge on any atom is -0.294 e. The van der Waals surface area contributed by atoms with Crippen molar-refractivity contribution in [2.24, 2.45) is 5.92 Å². The first-order valence-corrected chi connectivity index (χ1v) is 5.97. The van der Waals surface area contributed by atoms with Gasteiger partial charge in [0.1, 0.15) is 0 Å². The number of ketones is 2. The molecule has 0 unspecified atom stereocenters. The smallest absolute Gasteiger partial charge is 0.166 e. The van der Waals surface area contributed by atoms with Gasteiger partial charge in [0.05, 0.1) is 5.57 Å². The summed E-state index contributed by atoms with van der Waals surface area (Å²) < 4.78 is 0. The Balaban J connectivity index is 2.11. The molecular weight excluding hydrogens is 212 g/mol. The van der Waals surface area contributed by atoms with Gasteiger partial charge in [0.2, 0.25) is 0 Å². The van der Waals surface area contributed by atoms with Crippen LogP contribution in [0.3, 0.4) is 0 Å². The predicted molar refractivity (Wildman–Crippen MR) is 66.6 cm³/mol. The average molecular weight is 228 g/mol. The first kappa shape index (κ1) is 11.8. The molecule has 2 nitrogen and oxygen atoms in total. The topological polar surface area (TPSA) is 34.1 Å². The summed E-state index contributed by atoms with van der Waals surface area (Å²) in [6.45, 7) is 1.95. The predicted octanol–water partition coefficient (Wildman–Crippen LogP) is 2.72. The number of Topliss-reactive ketones (excluding diaryl/α,β-unsaturated/α-hetero) is 2. The summed E-state index contributed by atoms with van der Waals surface area (Å²) in [6, 6.07) is 9.87. The highest BCUT2D eigenvalue weighted by Gasteiger charge is 2.27. The van der Waals surface area contributed by atoms with E-state index in [0.717, 1.165) is 5.56 Å². The Morgan fingerprint density at radius 3 is 2.29 bits per heavy atom. The molecule has 2 rings (SSSR count). The van der Waals surface area contributed by atoms with Crippen LogP contribution in [0.2, 0.25) is 0 Å². The van der Waals surface area contributed by atoms with E-state index in [1.807, 2.05) is 37.3 Å². The fourth-order valence-corrected chi connectivity index (χ4v) is 2.14. The summed E-state index contributed by atoms with van der Waals surface area (Å²) in [4.78, 5) is 23.5. The van der Waals surface area contributed by atoms with Crippen LogP contribution in [0.25, 0.3) is 0 Å². The third-order valence-corrected chi connectivity index (χ3v) is 3.05. The number of hydrogen-bond acceptors (Lipinski definition) is 2. The standard InChI is InChI=1S/C15H16O2/c1-11-9-14(16)13(15(17)10-11)8-7-12-5-3-2-4-6-12/h2-6,8,11H,7,9-10H2,1H3. The number of carbonyl (C=O) groups excluding carboxylic acids is 2. The summed E-state index contributed by atoms with van der Waals surface area (Å²) in [5, 5.41) is 0. The Hall–Kier alpha value is -1.70. The molecule has 1 saturated carbocycles. The molecule has 0 aliphatic heterocycles. The van der Waals surface area contributed by atoms with Gasteiger partial charge in [0.15, 0.2) is 11.6 Å². The molecule has 1 aliphatic carbocycles. The molecule has 0 bridgehead atoms. The summed E-state index contributed by atoms with van der Waals surface area (Å²) in [7, 11) is 0. The molecule has 0 atom stereocenters. The SMILES string of the molecule is CC1CC(=O)C(=CCc2ccccc2)C(=O)C1. The van der Waals surface area contributed by atoms with E-state index in [0.29, 0.717) is 24.8 Å². The fraction of sp³-hybridized carbons (Fsp3) is 0.333. The Morgan fingerprint density at radius 2 is 1.71 bits per heavy atom. The normalized spacial score (nSPS) is 20.5. The molecule has 1 aliphatic rings. The maximum atomic E-state index is 11.7. The van der Waals surface area contributed by atoms with Crippen LogP contribution in [-0.2, 0) is 16.0 Å². The van der Waals surface area contributed by atoms with Crippen LogP contribution in [0, 0.1) is 5.92 Å². The highest BCUT2D eigenvalue weighted by atomic mass is 16.1. The summed E-state index contributed by atoms with van der Waals surface area (Å²) in [5.74, 6) is 0.207. The lowest BCUT2D eigenvalue weighted by Crippen LogP contribution is -2.24. The maximum Gasteiger partial charge on any atom is 0.166 e. The first-order chi connectivity index (χ1) is 8.16. The molecule has 88 valence electrons. The second-order valence-corrected chi connectivity index (χ2v) is 4.67. The zero-order chi connectivity index (χ0) is 12.3. The number of rotatable bonds is 2. The van der Waals surface area contributed by atoms with E-state index in [2.05, 4.69) is 0 Å². The van der Waals surface area contributed by atoms with Gasteiger partial charge in [0, 0.05) is 12.8 Å². The zero-order valence-electron chi connectivity index (χ0n) is 9.98. The summed E-state index contributed by atoms with van der Waals surface area (Å²) >= 11 is 0. The minimum atomic E-state index is 0.00433. The highest BCUT2D eigenvalue weighted by Crippen LogP contribution is 2.22. The van der Waals surface area contributed by atoms with E-state index in [-0.39, 0.29) is 17.5 Å². The molecule has 0 spiro atoms. The van der Waals surface area contributed by atoms with Gasteiger partial charge in [-0.15, -0.1) is 0 Å². The quantitative estimate of drug-likeness (QED) is 0.576. The van der Waals surface area contributed by atoms with E-state index in [1.165, 1.54) is 0 Å². The number of allylic oxidation sites excluding steroid dienone is 2. The van der Waals surface area contributed by atoms with Gasteiger partial charge in [-0.05, 0) is 17.9 Å². The Bertz CT molecular complexity index is 437. The van der Waals surface area contributed by atoms with Crippen molar-refractivity contribution in [3.8, 4) is 0 Å². The van der Waals surface area contributed by atoms with Gasteiger partial charge >= 0.3 is 0 Å². The van der Waals surface area contributed by atoms with Crippen LogP contribution in [0.4, 0.5) is 0 Å². The van der Waals surface area contributed by atoms with Crippen molar-refractivity contribution in [3.05, 3.63) is 47.5 Å². The third-order valence-electron chi connectivity index (χ3n) is 3.05. The van der Waals surface area contributed by atoms with Gasteiger partial charge in [-0.2, -0.15) is 0 Å². The molecule has 0 radical (unpaired) electrons. The Kier molecular flexibility index (Phi) is 3.52. The molecule has 2 heteroatoms. The number of carbonyl (C=O) groups is 2. The molecule has 0 saturated heterocycles. The monoisotopic (exact) mass is 228 g/mol. The van der Waals surface area contributed by atoms with Gasteiger partial charge in [-0.1, -0.05) is 43.3 Å². The van der Waals surface area contributed by atoms with Crippen molar-refractivity contribution in [3.63, 3.8) is 0 Å². The lowest BCUT2D eigenvalue weighted by Gasteiger charge is -2.17. The van der Waals surface area contributed by atoms with Crippen LogP contribution < -0.4 is 0 Å². The molecule has 0 N–H and O–H groups in total. The molecule has 17 heavy (non-hydrogen) atoms. The lowest BCUT2D eigenvalue weighted by atomic mass is 9.84. The highest BCUT2D eigenvalue weighted by molar-refractivity contribution is 6.21. The molecular formula is C15H16O2. The Labute approximate surface area is 101 Å². The van der Waals surface area contributed by atoms with E-state index >= 15 is 0 Å². The maximum absolute atomic E-state index is 11.7. The van der Waals surface area contributed by atoms with E-state index in [4.69, 9.17) is 0 Å². The van der Waals surface area contributed by atoms with Crippen molar-refractivity contribution in [2.75, 3.05) is 0 Å². The van der Waals surface area contributed by atoms with E-state index in [1.54, 1.807) is 6.08 Å². The van der Waals surface area contributed by atoms with Crippen molar-refractivity contribution < 1.29 is 9.59 Å². The molecule has 0 heterocycles. The lowest BCUT2D eigenvalue weighted by molar-refractivity contribution is -0.125. The molecule has 1 aromatic rings. The van der Waals surface area contributed by atoms with Crippen LogP contribution in [0.5, 0.6) is 0 Å². The second-order valence-electron chi connectivity index (χ2n) is 4.67. The van der Waals surface area contributed by atoms with Crippen LogP contribution in [-0.4, -0.2) is 11.6 Å². The van der Waals surface area contributed by atoms with Crippen LogP contribution in [0.15, 0.2) is 42.0 Å². The van der Waals surface area contributed by atoms with Gasteiger partial charge in [0.25, 0.3) is 0 Å². The van der Waals surface area contributed by atoms with Gasteiger partial charge < -0.3 is 0 Å². The van der Waals surface area contributed by atoms with Gasteiger partial charge in [-0.3, -0.25) is 9.59 Å². The zero-order valence-corrected chi connectivity index (χ0v) is 9.98. The molecule has 1 aromatic carbocycles. The Morgan fingerprint density at radius 1 is 1.12 bits per heavy atom. The molecule has 0 aromatic heterocycles. The van der Waals surface area contributed by atoms with E-state index in [9.17, 15) is 9.59 Å². The number of benzene rings is 1. The van der Waals surface area contributed by atoms with Crippen molar-refractivity contribution in [1.29, 1.82) is 0 Å². The third kappa shape index (κ3) is 2.90. The fourth-order valence-electron chi connectivity index (χ4n) is 2.14. The van der Waals surface area contributed by atoms with Crippen molar-refractivity contribution in [1.82, 2.24) is 0 Å². The average Bonchev–Trinajstić information content (AvgIpc) is 2.29. The summed E-state index contributed by atoms with van der Waals surface area (Å²) in [6.07, 6.45) is 3.45. The van der Waals surface area contributed by atoms with E-state index < -0.39 is 0 Å². The molecule has 0 amide bonds. The van der Waals surface area contributed by atoms with Crippen LogP contribution in [0.1, 0.15) is 25.3 Å².